The Labute approximate surface area is 214 Å². The van der Waals surface area contributed by atoms with E-state index in [1.54, 1.807) is 20.8 Å². The smallest absolute Gasteiger partial charge is 0.408 e. The van der Waals surface area contributed by atoms with Crippen molar-refractivity contribution < 1.29 is 19.1 Å². The molecule has 9 heteroatoms. The van der Waals surface area contributed by atoms with Crippen LogP contribution in [0.5, 0.6) is 0 Å². The number of ether oxygens (including phenoxy) is 1. The molecule has 0 aromatic heterocycles. The first kappa shape index (κ1) is 30.3. The summed E-state index contributed by atoms with van der Waals surface area (Å²) in [6.07, 6.45) is 1.50. The summed E-state index contributed by atoms with van der Waals surface area (Å²) >= 11 is 1.53. The minimum Gasteiger partial charge on any atom is -0.444 e. The molecule has 3 amide bonds. The van der Waals surface area contributed by atoms with E-state index in [-0.39, 0.29) is 6.54 Å². The van der Waals surface area contributed by atoms with Gasteiger partial charge in [0.25, 0.3) is 0 Å². The Balaban J connectivity index is 3.51. The summed E-state index contributed by atoms with van der Waals surface area (Å²) in [6.45, 7) is 14.3. The zero-order chi connectivity index (χ0) is 27.0. The molecular weight excluding hydrogens is 464 g/mol. The number of rotatable bonds is 9. The van der Waals surface area contributed by atoms with Crippen LogP contribution in [0.15, 0.2) is 18.2 Å². The minimum atomic E-state index is -1.04. The van der Waals surface area contributed by atoms with Crippen LogP contribution in [0.3, 0.4) is 0 Å². The third-order valence-electron chi connectivity index (χ3n) is 4.90. The summed E-state index contributed by atoms with van der Waals surface area (Å²) in [6, 6.07) is 5.65. The topological polar surface area (TPSA) is 112 Å². The number of aryl methyl sites for hydroxylation is 2. The Morgan fingerprint density at radius 1 is 1.14 bits per heavy atom. The number of hydrogen-bond acceptors (Lipinski definition) is 6. The highest BCUT2D eigenvalue weighted by atomic mass is 32.2. The van der Waals surface area contributed by atoms with Crippen LogP contribution in [0, 0.1) is 25.2 Å². The van der Waals surface area contributed by atoms with Gasteiger partial charge in [0, 0.05) is 5.54 Å². The molecule has 0 aliphatic carbocycles. The van der Waals surface area contributed by atoms with Gasteiger partial charge in [-0.2, -0.15) is 17.0 Å². The zero-order valence-corrected chi connectivity index (χ0v) is 23.3. The normalized spacial score (nSPS) is 13.3. The lowest BCUT2D eigenvalue weighted by Crippen LogP contribution is -2.55. The zero-order valence-electron chi connectivity index (χ0n) is 22.4. The Bertz CT molecular complexity index is 944. The van der Waals surface area contributed by atoms with Gasteiger partial charge in [0.15, 0.2) is 0 Å². The Morgan fingerprint density at radius 3 is 2.26 bits per heavy atom. The molecule has 8 nitrogen and oxygen atoms in total. The van der Waals surface area contributed by atoms with Gasteiger partial charge in [0.1, 0.15) is 24.2 Å². The Morgan fingerprint density at radius 2 is 1.77 bits per heavy atom. The molecule has 0 aliphatic rings. The molecule has 2 N–H and O–H groups in total. The number of nitriles is 1. The molecule has 0 saturated heterocycles. The highest BCUT2D eigenvalue weighted by Crippen LogP contribution is 2.27. The van der Waals surface area contributed by atoms with E-state index >= 15 is 0 Å². The maximum Gasteiger partial charge on any atom is 0.408 e. The highest BCUT2D eigenvalue weighted by molar-refractivity contribution is 7.98. The largest absolute Gasteiger partial charge is 0.444 e. The second-order valence-electron chi connectivity index (χ2n) is 10.6. The maximum absolute atomic E-state index is 13.8. The third kappa shape index (κ3) is 10.2. The summed E-state index contributed by atoms with van der Waals surface area (Å²) in [5.74, 6) is -0.316. The van der Waals surface area contributed by atoms with Crippen molar-refractivity contribution in [2.24, 2.45) is 0 Å². The fourth-order valence-corrected chi connectivity index (χ4v) is 4.01. The van der Waals surface area contributed by atoms with E-state index in [9.17, 15) is 19.6 Å². The summed E-state index contributed by atoms with van der Waals surface area (Å²) in [5, 5.41) is 15.2. The number of carbonyl (C=O) groups is 3. The summed E-state index contributed by atoms with van der Waals surface area (Å²) < 4.78 is 5.36. The van der Waals surface area contributed by atoms with Crippen molar-refractivity contribution >= 4 is 29.7 Å². The van der Waals surface area contributed by atoms with E-state index in [0.29, 0.717) is 17.7 Å². The molecule has 0 bridgehead atoms. The van der Waals surface area contributed by atoms with Crippen LogP contribution in [0.1, 0.15) is 70.7 Å². The van der Waals surface area contributed by atoms with E-state index < -0.39 is 41.1 Å². The summed E-state index contributed by atoms with van der Waals surface area (Å²) in [5.41, 5.74) is 1.18. The van der Waals surface area contributed by atoms with E-state index in [2.05, 4.69) is 10.6 Å². The molecule has 0 saturated carbocycles. The average Bonchev–Trinajstić information content (AvgIpc) is 2.69. The average molecular weight is 505 g/mol. The standard InChI is InChI=1S/C26H40N4O4S/c1-17-10-11-19(18(2)16-17)21(22(31)29-25(3,4)5)30(14-13-27)23(32)20(12-15-35-9)28-24(33)34-26(6,7)8/h10-11,16,20-21H,12,14-15H2,1-9H3,(H,28,33)(H,29,31). The van der Waals surface area contributed by atoms with Gasteiger partial charge < -0.3 is 20.3 Å². The molecule has 0 fully saturated rings. The predicted octanol–water partition coefficient (Wildman–Crippen LogP) is 4.26. The lowest BCUT2D eigenvalue weighted by atomic mass is 9.95. The molecule has 0 radical (unpaired) electrons. The maximum atomic E-state index is 13.8. The molecule has 0 spiro atoms. The van der Waals surface area contributed by atoms with E-state index in [1.807, 2.05) is 65.1 Å². The number of nitrogens with one attached hydrogen (secondary N) is 2. The van der Waals surface area contributed by atoms with Crippen LogP contribution in [0.2, 0.25) is 0 Å². The molecule has 194 valence electrons. The summed E-state index contributed by atoms with van der Waals surface area (Å²) in [4.78, 5) is 41.1. The van der Waals surface area contributed by atoms with Crippen molar-refractivity contribution in [3.8, 4) is 6.07 Å². The van der Waals surface area contributed by atoms with Gasteiger partial charge in [-0.3, -0.25) is 9.59 Å². The molecule has 2 atom stereocenters. The van der Waals surface area contributed by atoms with Gasteiger partial charge in [0.05, 0.1) is 6.07 Å². The van der Waals surface area contributed by atoms with Crippen LogP contribution in [-0.2, 0) is 14.3 Å². The molecule has 1 rings (SSSR count). The van der Waals surface area contributed by atoms with Crippen molar-refractivity contribution in [2.45, 2.75) is 85.0 Å². The molecule has 0 heterocycles. The van der Waals surface area contributed by atoms with Crippen molar-refractivity contribution in [1.82, 2.24) is 15.5 Å². The van der Waals surface area contributed by atoms with Crippen LogP contribution < -0.4 is 10.6 Å². The van der Waals surface area contributed by atoms with Crippen LogP contribution in [-0.4, -0.2) is 58.5 Å². The van der Waals surface area contributed by atoms with E-state index in [4.69, 9.17) is 4.74 Å². The van der Waals surface area contributed by atoms with Gasteiger partial charge in [-0.15, -0.1) is 0 Å². The fraction of sp³-hybridized carbons (Fsp3) is 0.615. The number of nitrogens with zero attached hydrogens (tertiary/aromatic N) is 2. The number of thioether (sulfide) groups is 1. The number of hydrogen-bond donors (Lipinski definition) is 2. The van der Waals surface area contributed by atoms with E-state index in [1.165, 1.54) is 16.7 Å². The minimum absolute atomic E-state index is 0.319. The molecule has 2 unspecified atom stereocenters. The molecule has 1 aromatic carbocycles. The number of carbonyl (C=O) groups excluding carboxylic acids is 3. The molecule has 1 aromatic rings. The van der Waals surface area contributed by atoms with Crippen LogP contribution in [0.25, 0.3) is 0 Å². The summed E-state index contributed by atoms with van der Waals surface area (Å²) in [7, 11) is 0. The Hall–Kier alpha value is -2.73. The van der Waals surface area contributed by atoms with Gasteiger partial charge in [-0.25, -0.2) is 4.79 Å². The van der Waals surface area contributed by atoms with Crippen LogP contribution in [0.4, 0.5) is 4.79 Å². The fourth-order valence-electron chi connectivity index (χ4n) is 3.54. The highest BCUT2D eigenvalue weighted by Gasteiger charge is 2.37. The monoisotopic (exact) mass is 504 g/mol. The van der Waals surface area contributed by atoms with Gasteiger partial charge >= 0.3 is 6.09 Å². The van der Waals surface area contributed by atoms with Crippen molar-refractivity contribution in [1.29, 1.82) is 5.26 Å². The third-order valence-corrected chi connectivity index (χ3v) is 5.55. The lowest BCUT2D eigenvalue weighted by molar-refractivity contribution is -0.142. The van der Waals surface area contributed by atoms with Gasteiger partial charge in [-0.05, 0) is 84.9 Å². The molecule has 0 aliphatic heterocycles. The predicted molar refractivity (Wildman–Crippen MR) is 140 cm³/mol. The van der Waals surface area contributed by atoms with Crippen molar-refractivity contribution in [3.63, 3.8) is 0 Å². The van der Waals surface area contributed by atoms with Gasteiger partial charge in [0.2, 0.25) is 11.8 Å². The van der Waals surface area contributed by atoms with Crippen molar-refractivity contribution in [2.75, 3.05) is 18.6 Å². The van der Waals surface area contributed by atoms with E-state index in [0.717, 1.165) is 11.1 Å². The first-order valence-electron chi connectivity index (χ1n) is 11.6. The van der Waals surface area contributed by atoms with Gasteiger partial charge in [-0.1, -0.05) is 23.8 Å². The number of alkyl carbamates (subject to hydrolysis) is 1. The Kier molecular flexibility index (Phi) is 11.1. The molecule has 35 heavy (non-hydrogen) atoms. The SMILES string of the molecule is CSCCC(NC(=O)OC(C)(C)C)C(=O)N(CC#N)C(C(=O)NC(C)(C)C)c1ccc(C)cc1C. The lowest BCUT2D eigenvalue weighted by Gasteiger charge is -2.35. The number of benzene rings is 1. The molecular formula is C26H40N4O4S. The number of amides is 3. The van der Waals surface area contributed by atoms with Crippen LogP contribution >= 0.6 is 11.8 Å². The second-order valence-corrected chi connectivity index (χ2v) is 11.6. The quantitative estimate of drug-likeness (QED) is 0.486. The van der Waals surface area contributed by atoms with Crippen molar-refractivity contribution in [3.05, 3.63) is 34.9 Å². The second kappa shape index (κ2) is 12.8. The first-order chi connectivity index (χ1) is 16.1. The first-order valence-corrected chi connectivity index (χ1v) is 13.0.